The molecule has 36 heavy (non-hydrogen) atoms. The number of benzene rings is 2. The zero-order valence-electron chi connectivity index (χ0n) is 19.7. The number of halogens is 2. The molecule has 2 aromatic carbocycles. The Bertz CT molecular complexity index is 1570. The van der Waals surface area contributed by atoms with Crippen LogP contribution in [0, 0.1) is 25.4 Å². The number of esters is 1. The first-order valence-electron chi connectivity index (χ1n) is 11.0. The van der Waals surface area contributed by atoms with Gasteiger partial charge in [0.05, 0.1) is 35.6 Å². The minimum absolute atomic E-state index is 0.0366. The van der Waals surface area contributed by atoms with E-state index in [0.717, 1.165) is 23.8 Å². The molecule has 0 radical (unpaired) electrons. The number of aryl methyl sites for hydroxylation is 1. The molecule has 0 bridgehead atoms. The third kappa shape index (κ3) is 5.28. The van der Waals surface area contributed by atoms with Crippen molar-refractivity contribution in [2.24, 2.45) is 4.99 Å². The van der Waals surface area contributed by atoms with Crippen molar-refractivity contribution in [1.29, 1.82) is 5.26 Å². The fourth-order valence-corrected chi connectivity index (χ4v) is 7.09. The molecule has 184 valence electrons. The lowest BCUT2D eigenvalue weighted by Crippen LogP contribution is -2.39. The van der Waals surface area contributed by atoms with Crippen LogP contribution in [0.5, 0.6) is 5.75 Å². The summed E-state index contributed by atoms with van der Waals surface area (Å²) in [6.45, 7) is 5.71. The van der Waals surface area contributed by atoms with Crippen molar-refractivity contribution in [3.05, 3.63) is 91.2 Å². The molecule has 0 spiro atoms. The van der Waals surface area contributed by atoms with E-state index in [1.165, 1.54) is 11.3 Å². The van der Waals surface area contributed by atoms with Crippen LogP contribution < -0.4 is 19.6 Å². The maximum Gasteiger partial charge on any atom is 0.338 e. The van der Waals surface area contributed by atoms with E-state index < -0.39 is 12.0 Å². The van der Waals surface area contributed by atoms with Gasteiger partial charge in [-0.1, -0.05) is 41.2 Å². The molecule has 0 saturated heterocycles. The van der Waals surface area contributed by atoms with Gasteiger partial charge in [0.15, 0.2) is 11.4 Å². The minimum Gasteiger partial charge on any atom is -0.477 e. The standard InChI is InChI=1S/C26H21I2N3O4S/c1-4-34-25(33)21-15(3)30-26-31(22(21)17-7-5-14(2)6-8-17)24(32)20(36-26)13-16-11-18(27)23(19(28)12-16)35-10-9-29/h5-8,11-13,22H,4,10H2,1-3H3/b20-13+/t22-/m0/s1. The van der Waals surface area contributed by atoms with Crippen LogP contribution in [-0.4, -0.2) is 23.8 Å². The van der Waals surface area contributed by atoms with Crippen molar-refractivity contribution < 1.29 is 14.3 Å². The summed E-state index contributed by atoms with van der Waals surface area (Å²) in [4.78, 5) is 31.8. The molecule has 7 nitrogen and oxygen atoms in total. The monoisotopic (exact) mass is 725 g/mol. The second kappa shape index (κ2) is 11.3. The van der Waals surface area contributed by atoms with Crippen LogP contribution in [0.4, 0.5) is 0 Å². The molecule has 1 aromatic heterocycles. The third-order valence-corrected chi connectivity index (χ3v) is 8.10. The SMILES string of the molecule is CCOC(=O)C1=C(C)N=c2s/c(=C/c3cc(I)c(OCC#N)c(I)c3)c(=O)n2[C@H]1c1ccc(C)cc1. The first-order chi connectivity index (χ1) is 17.2. The van der Waals surface area contributed by atoms with Crippen LogP contribution in [0.3, 0.4) is 0 Å². The van der Waals surface area contributed by atoms with Gasteiger partial charge in [-0.3, -0.25) is 9.36 Å². The molecule has 4 rings (SSSR count). The van der Waals surface area contributed by atoms with Gasteiger partial charge in [0.1, 0.15) is 11.8 Å². The minimum atomic E-state index is -0.634. The highest BCUT2D eigenvalue weighted by atomic mass is 127. The number of allylic oxidation sites excluding steroid dienone is 1. The molecule has 1 aliphatic heterocycles. The van der Waals surface area contributed by atoms with Gasteiger partial charge < -0.3 is 9.47 Å². The highest BCUT2D eigenvalue weighted by molar-refractivity contribution is 14.1. The second-order valence-electron chi connectivity index (χ2n) is 7.97. The van der Waals surface area contributed by atoms with Crippen LogP contribution in [0.1, 0.15) is 36.6 Å². The zero-order chi connectivity index (χ0) is 26.0. The number of thiazole rings is 1. The van der Waals surface area contributed by atoms with Crippen molar-refractivity contribution >= 4 is 68.6 Å². The van der Waals surface area contributed by atoms with Crippen LogP contribution in [0.25, 0.3) is 6.08 Å². The number of aromatic nitrogens is 1. The third-order valence-electron chi connectivity index (χ3n) is 5.51. The zero-order valence-corrected chi connectivity index (χ0v) is 24.8. The number of rotatable bonds is 6. The van der Waals surface area contributed by atoms with Crippen LogP contribution in [-0.2, 0) is 9.53 Å². The normalized spacial score (nSPS) is 15.2. The van der Waals surface area contributed by atoms with E-state index in [2.05, 4.69) is 50.2 Å². The Hall–Kier alpha value is -2.50. The Morgan fingerprint density at radius 1 is 1.22 bits per heavy atom. The summed E-state index contributed by atoms with van der Waals surface area (Å²) in [5.41, 5.74) is 3.39. The van der Waals surface area contributed by atoms with Crippen LogP contribution in [0.2, 0.25) is 0 Å². The van der Waals surface area contributed by atoms with Gasteiger partial charge in [-0.15, -0.1) is 0 Å². The van der Waals surface area contributed by atoms with Crippen LogP contribution in [0.15, 0.2) is 57.5 Å². The maximum atomic E-state index is 13.7. The van der Waals surface area contributed by atoms with Gasteiger partial charge in [0, 0.05) is 0 Å². The Balaban J connectivity index is 1.89. The summed E-state index contributed by atoms with van der Waals surface area (Å²) in [6, 6.07) is 12.9. The Kier molecular flexibility index (Phi) is 8.31. The number of carbonyl (C=O) groups excluding carboxylic acids is 1. The molecular weight excluding hydrogens is 704 g/mol. The fourth-order valence-electron chi connectivity index (χ4n) is 3.91. The van der Waals surface area contributed by atoms with E-state index in [1.807, 2.05) is 55.5 Å². The van der Waals surface area contributed by atoms with Gasteiger partial charge in [-0.05, 0) is 95.3 Å². The summed E-state index contributed by atoms with van der Waals surface area (Å²) in [7, 11) is 0. The molecule has 0 N–H and O–H groups in total. The summed E-state index contributed by atoms with van der Waals surface area (Å²) < 4.78 is 14.6. The molecule has 0 amide bonds. The van der Waals surface area contributed by atoms with E-state index in [4.69, 9.17) is 14.7 Å². The first kappa shape index (κ1) is 26.6. The molecule has 2 heterocycles. The predicted molar refractivity (Wildman–Crippen MR) is 155 cm³/mol. The maximum absolute atomic E-state index is 13.7. The van der Waals surface area contributed by atoms with E-state index >= 15 is 0 Å². The number of nitriles is 1. The number of fused-ring (bicyclic) bond motifs is 1. The molecule has 0 saturated carbocycles. The molecule has 10 heteroatoms. The largest absolute Gasteiger partial charge is 0.477 e. The van der Waals surface area contributed by atoms with Crippen molar-refractivity contribution in [3.8, 4) is 11.8 Å². The first-order valence-corrected chi connectivity index (χ1v) is 14.0. The smallest absolute Gasteiger partial charge is 0.338 e. The number of ether oxygens (including phenoxy) is 2. The summed E-state index contributed by atoms with van der Waals surface area (Å²) >= 11 is 5.60. The molecular formula is C26H21I2N3O4S. The number of nitrogens with zero attached hydrogens (tertiary/aromatic N) is 3. The number of hydrogen-bond acceptors (Lipinski definition) is 7. The van der Waals surface area contributed by atoms with Gasteiger partial charge in [0.25, 0.3) is 5.56 Å². The van der Waals surface area contributed by atoms with E-state index in [0.29, 0.717) is 26.4 Å². The Morgan fingerprint density at radius 3 is 2.50 bits per heavy atom. The summed E-state index contributed by atoms with van der Waals surface area (Å²) in [5, 5.41) is 8.83. The topological polar surface area (TPSA) is 93.7 Å². The molecule has 1 aliphatic rings. The van der Waals surface area contributed by atoms with Gasteiger partial charge >= 0.3 is 5.97 Å². The highest BCUT2D eigenvalue weighted by Crippen LogP contribution is 2.31. The molecule has 0 aliphatic carbocycles. The lowest BCUT2D eigenvalue weighted by Gasteiger charge is -2.24. The molecule has 0 unspecified atom stereocenters. The van der Waals surface area contributed by atoms with Gasteiger partial charge in [-0.2, -0.15) is 5.26 Å². The molecule has 3 aromatic rings. The number of hydrogen-bond donors (Lipinski definition) is 0. The number of carbonyl (C=O) groups is 1. The molecule has 0 fully saturated rings. The van der Waals surface area contributed by atoms with E-state index in [9.17, 15) is 9.59 Å². The Morgan fingerprint density at radius 2 is 1.89 bits per heavy atom. The quantitative estimate of drug-likeness (QED) is 0.281. The Labute approximate surface area is 239 Å². The summed E-state index contributed by atoms with van der Waals surface area (Å²) in [5.74, 6) is 0.168. The van der Waals surface area contributed by atoms with Crippen molar-refractivity contribution in [2.75, 3.05) is 13.2 Å². The van der Waals surface area contributed by atoms with E-state index in [-0.39, 0.29) is 18.8 Å². The van der Waals surface area contributed by atoms with Gasteiger partial charge in [-0.25, -0.2) is 9.79 Å². The average Bonchev–Trinajstić information content (AvgIpc) is 3.12. The van der Waals surface area contributed by atoms with Crippen LogP contribution >= 0.6 is 56.5 Å². The highest BCUT2D eigenvalue weighted by Gasteiger charge is 2.33. The lowest BCUT2D eigenvalue weighted by molar-refractivity contribution is -0.139. The predicted octanol–water partition coefficient (Wildman–Crippen LogP) is 4.22. The average molecular weight is 725 g/mol. The van der Waals surface area contributed by atoms with E-state index in [1.54, 1.807) is 18.4 Å². The second-order valence-corrected chi connectivity index (χ2v) is 11.3. The lowest BCUT2D eigenvalue weighted by atomic mass is 9.95. The fraction of sp³-hybridized carbons (Fsp3) is 0.231. The summed E-state index contributed by atoms with van der Waals surface area (Å²) in [6.07, 6.45) is 1.82. The van der Waals surface area contributed by atoms with Crippen molar-refractivity contribution in [3.63, 3.8) is 0 Å². The van der Waals surface area contributed by atoms with Crippen molar-refractivity contribution in [1.82, 2.24) is 4.57 Å². The van der Waals surface area contributed by atoms with Gasteiger partial charge in [0.2, 0.25) is 0 Å². The molecule has 1 atom stereocenters. The van der Waals surface area contributed by atoms with Crippen molar-refractivity contribution in [2.45, 2.75) is 26.8 Å².